The van der Waals surface area contributed by atoms with Gasteiger partial charge >= 0.3 is 0 Å². The summed E-state index contributed by atoms with van der Waals surface area (Å²) in [4.78, 5) is 38.5. The average Bonchev–Trinajstić information content (AvgIpc) is 3.45. The Balaban J connectivity index is 1.61. The molecule has 0 spiro atoms. The Morgan fingerprint density at radius 2 is 2.21 bits per heavy atom. The van der Waals surface area contributed by atoms with Crippen LogP contribution >= 0.6 is 22.7 Å². The molecule has 1 aliphatic heterocycles. The van der Waals surface area contributed by atoms with Gasteiger partial charge in [-0.05, 0) is 25.0 Å². The molecule has 1 aliphatic rings. The number of thiazole rings is 1. The SMILES string of the molecule is COCCNC(=O)c1sc2ncccc2c1[C@H]1CCN(C(=O)c2scnc2C)C1. The molecule has 0 aromatic carbocycles. The fourth-order valence-corrected chi connectivity index (χ4v) is 5.62. The topological polar surface area (TPSA) is 84.4 Å². The zero-order chi connectivity index (χ0) is 20.4. The van der Waals surface area contributed by atoms with Crippen molar-refractivity contribution in [3.05, 3.63) is 44.9 Å². The van der Waals surface area contributed by atoms with Crippen molar-refractivity contribution in [2.24, 2.45) is 0 Å². The molecule has 0 bridgehead atoms. The maximum atomic E-state index is 12.9. The van der Waals surface area contributed by atoms with Gasteiger partial charge in [0.2, 0.25) is 0 Å². The summed E-state index contributed by atoms with van der Waals surface area (Å²) in [5.41, 5.74) is 3.48. The van der Waals surface area contributed by atoms with Gasteiger partial charge in [0.05, 0.1) is 22.7 Å². The number of amides is 2. The second-order valence-corrected chi connectivity index (χ2v) is 8.81. The molecule has 1 atom stereocenters. The molecule has 3 aromatic heterocycles. The molecule has 0 aliphatic carbocycles. The van der Waals surface area contributed by atoms with Crippen LogP contribution in [-0.2, 0) is 4.74 Å². The van der Waals surface area contributed by atoms with E-state index in [1.165, 1.54) is 22.7 Å². The lowest BCUT2D eigenvalue weighted by atomic mass is 9.95. The molecule has 4 rings (SSSR count). The van der Waals surface area contributed by atoms with Gasteiger partial charge in [-0.25, -0.2) is 9.97 Å². The summed E-state index contributed by atoms with van der Waals surface area (Å²) in [6.45, 7) is 4.04. The number of nitrogens with one attached hydrogen (secondary N) is 1. The minimum absolute atomic E-state index is 0.0243. The highest BCUT2D eigenvalue weighted by Crippen LogP contribution is 2.39. The van der Waals surface area contributed by atoms with Gasteiger partial charge in [-0.3, -0.25) is 9.59 Å². The van der Waals surface area contributed by atoms with E-state index in [4.69, 9.17) is 4.74 Å². The molecule has 29 heavy (non-hydrogen) atoms. The summed E-state index contributed by atoms with van der Waals surface area (Å²) in [7, 11) is 1.61. The number of aromatic nitrogens is 2. The highest BCUT2D eigenvalue weighted by molar-refractivity contribution is 7.20. The summed E-state index contributed by atoms with van der Waals surface area (Å²) < 4.78 is 5.03. The van der Waals surface area contributed by atoms with Crippen LogP contribution in [0.4, 0.5) is 0 Å². The van der Waals surface area contributed by atoms with E-state index in [9.17, 15) is 9.59 Å². The van der Waals surface area contributed by atoms with Crippen molar-refractivity contribution in [1.82, 2.24) is 20.2 Å². The van der Waals surface area contributed by atoms with Crippen molar-refractivity contribution in [3.8, 4) is 0 Å². The van der Waals surface area contributed by atoms with Crippen molar-refractivity contribution in [3.63, 3.8) is 0 Å². The Hall–Kier alpha value is -2.36. The molecule has 1 fully saturated rings. The summed E-state index contributed by atoms with van der Waals surface area (Å²) in [5.74, 6) is 0.0210. The molecule has 7 nitrogen and oxygen atoms in total. The molecular formula is C20H22N4O3S2. The number of hydrogen-bond donors (Lipinski definition) is 1. The lowest BCUT2D eigenvalue weighted by Gasteiger charge is -2.16. The fraction of sp³-hybridized carbons (Fsp3) is 0.400. The van der Waals surface area contributed by atoms with Gasteiger partial charge < -0.3 is 15.0 Å². The minimum Gasteiger partial charge on any atom is -0.383 e. The number of aryl methyl sites for hydroxylation is 1. The number of nitrogens with zero attached hydrogens (tertiary/aromatic N) is 3. The monoisotopic (exact) mass is 430 g/mol. The third kappa shape index (κ3) is 3.90. The smallest absolute Gasteiger partial charge is 0.265 e. The maximum absolute atomic E-state index is 12.9. The Labute approximate surface area is 176 Å². The first kappa shape index (κ1) is 19.9. The molecular weight excluding hydrogens is 408 g/mol. The van der Waals surface area contributed by atoms with Crippen LogP contribution in [0, 0.1) is 6.92 Å². The lowest BCUT2D eigenvalue weighted by molar-refractivity contribution is 0.0794. The fourth-order valence-electron chi connectivity index (χ4n) is 3.70. The van der Waals surface area contributed by atoms with Crippen molar-refractivity contribution in [1.29, 1.82) is 0 Å². The Morgan fingerprint density at radius 3 is 2.97 bits per heavy atom. The van der Waals surface area contributed by atoms with Crippen molar-refractivity contribution < 1.29 is 14.3 Å². The van der Waals surface area contributed by atoms with E-state index in [2.05, 4.69) is 15.3 Å². The number of carbonyl (C=O) groups excluding carboxylic acids is 2. The summed E-state index contributed by atoms with van der Waals surface area (Å²) in [6.07, 6.45) is 2.56. The van der Waals surface area contributed by atoms with Gasteiger partial charge in [0.15, 0.2) is 0 Å². The molecule has 0 radical (unpaired) electrons. The molecule has 3 aromatic rings. The number of hydrogen-bond acceptors (Lipinski definition) is 7. The van der Waals surface area contributed by atoms with Crippen LogP contribution in [0.3, 0.4) is 0 Å². The Kier molecular flexibility index (Phi) is 5.89. The van der Waals surface area contributed by atoms with Crippen LogP contribution in [0.1, 0.15) is 42.9 Å². The van der Waals surface area contributed by atoms with Gasteiger partial charge in [0.1, 0.15) is 9.71 Å². The van der Waals surface area contributed by atoms with Crippen LogP contribution in [-0.4, -0.2) is 60.0 Å². The number of likely N-dealkylation sites (tertiary alicyclic amines) is 1. The van der Waals surface area contributed by atoms with Gasteiger partial charge in [-0.2, -0.15) is 0 Å². The number of carbonyl (C=O) groups is 2. The van der Waals surface area contributed by atoms with E-state index in [0.717, 1.165) is 27.9 Å². The van der Waals surface area contributed by atoms with E-state index < -0.39 is 0 Å². The number of ether oxygens (including phenoxy) is 1. The third-order valence-corrected chi connectivity index (χ3v) is 7.17. The highest BCUT2D eigenvalue weighted by Gasteiger charge is 2.34. The van der Waals surface area contributed by atoms with Gasteiger partial charge in [0, 0.05) is 44.2 Å². The molecule has 2 amide bonds. The van der Waals surface area contributed by atoms with Crippen LogP contribution in [0.5, 0.6) is 0 Å². The second kappa shape index (κ2) is 8.56. The molecule has 4 heterocycles. The van der Waals surface area contributed by atoms with Gasteiger partial charge in [-0.1, -0.05) is 6.07 Å². The van der Waals surface area contributed by atoms with Crippen molar-refractivity contribution >= 4 is 44.7 Å². The van der Waals surface area contributed by atoms with E-state index in [0.29, 0.717) is 36.0 Å². The van der Waals surface area contributed by atoms with E-state index in [-0.39, 0.29) is 17.7 Å². The third-order valence-electron chi connectivity index (χ3n) is 5.13. The normalized spacial score (nSPS) is 16.5. The maximum Gasteiger partial charge on any atom is 0.265 e. The van der Waals surface area contributed by atoms with Gasteiger partial charge in [-0.15, -0.1) is 22.7 Å². The number of thiophene rings is 1. The first-order chi connectivity index (χ1) is 14.1. The molecule has 0 saturated carbocycles. The van der Waals surface area contributed by atoms with E-state index in [1.807, 2.05) is 24.0 Å². The average molecular weight is 431 g/mol. The minimum atomic E-state index is -0.108. The predicted molar refractivity (Wildman–Crippen MR) is 114 cm³/mol. The molecule has 1 N–H and O–H groups in total. The molecule has 0 unspecified atom stereocenters. The van der Waals surface area contributed by atoms with Gasteiger partial charge in [0.25, 0.3) is 11.8 Å². The van der Waals surface area contributed by atoms with Crippen LogP contribution < -0.4 is 5.32 Å². The summed E-state index contributed by atoms with van der Waals surface area (Å²) in [5, 5.41) is 3.92. The standard InChI is InChI=1S/C20H22N4O3S2/c1-12-16(28-11-23-12)20(26)24-8-5-13(10-24)15-14-4-3-6-22-19(14)29-17(15)18(25)21-7-9-27-2/h3-4,6,11,13H,5,7-10H2,1-2H3,(H,21,25)/t13-/m0/s1. The number of rotatable bonds is 6. The molecule has 152 valence electrons. The Morgan fingerprint density at radius 1 is 1.34 bits per heavy atom. The van der Waals surface area contributed by atoms with Crippen LogP contribution in [0.2, 0.25) is 0 Å². The number of fused-ring (bicyclic) bond motifs is 1. The second-order valence-electron chi connectivity index (χ2n) is 6.95. The highest BCUT2D eigenvalue weighted by atomic mass is 32.1. The zero-order valence-corrected chi connectivity index (χ0v) is 17.9. The lowest BCUT2D eigenvalue weighted by Crippen LogP contribution is -2.29. The van der Waals surface area contributed by atoms with Crippen molar-refractivity contribution in [2.45, 2.75) is 19.3 Å². The molecule has 1 saturated heterocycles. The largest absolute Gasteiger partial charge is 0.383 e. The van der Waals surface area contributed by atoms with Crippen LogP contribution in [0.15, 0.2) is 23.8 Å². The molecule has 9 heteroatoms. The Bertz CT molecular complexity index is 1050. The predicted octanol–water partition coefficient (Wildman–Crippen LogP) is 3.07. The summed E-state index contributed by atoms with van der Waals surface area (Å²) >= 11 is 2.79. The number of pyridine rings is 1. The van der Waals surface area contributed by atoms with E-state index in [1.54, 1.807) is 18.8 Å². The quantitative estimate of drug-likeness (QED) is 0.608. The summed E-state index contributed by atoms with van der Waals surface area (Å²) in [6, 6.07) is 3.90. The number of methoxy groups -OCH3 is 1. The first-order valence-corrected chi connectivity index (χ1v) is 11.1. The van der Waals surface area contributed by atoms with Crippen molar-refractivity contribution in [2.75, 3.05) is 33.4 Å². The van der Waals surface area contributed by atoms with E-state index >= 15 is 0 Å². The first-order valence-electron chi connectivity index (χ1n) is 9.44. The zero-order valence-electron chi connectivity index (χ0n) is 16.3. The van der Waals surface area contributed by atoms with Crippen LogP contribution in [0.25, 0.3) is 10.2 Å².